The van der Waals surface area contributed by atoms with Crippen LogP contribution in [-0.2, 0) is 6.18 Å². The molecule has 1 amide bonds. The molecule has 1 aliphatic rings. The molecule has 3 aromatic rings. The Bertz CT molecular complexity index is 1060. The average molecular weight is 488 g/mol. The molecule has 2 aromatic carbocycles. The van der Waals surface area contributed by atoms with Crippen molar-refractivity contribution < 1.29 is 18.0 Å². The van der Waals surface area contributed by atoms with Crippen molar-refractivity contribution in [1.29, 1.82) is 0 Å². The number of hydrogen-bond donors (Lipinski definition) is 1. The van der Waals surface area contributed by atoms with Gasteiger partial charge in [0.2, 0.25) is 0 Å². The molecule has 0 bridgehead atoms. The van der Waals surface area contributed by atoms with Crippen LogP contribution in [0.2, 0.25) is 0 Å². The van der Waals surface area contributed by atoms with E-state index in [1.807, 2.05) is 34.5 Å². The Labute approximate surface area is 202 Å². The molecule has 1 saturated heterocycles. The molecule has 0 radical (unpaired) electrons. The molecule has 0 spiro atoms. The zero-order chi connectivity index (χ0) is 24.0. The van der Waals surface area contributed by atoms with Crippen LogP contribution >= 0.6 is 11.3 Å². The lowest BCUT2D eigenvalue weighted by molar-refractivity contribution is -0.137. The number of nitrogens with one attached hydrogen (secondary N) is 1. The topological polar surface area (TPSA) is 35.6 Å². The number of unbranched alkanes of at least 4 members (excludes halogenated alkanes) is 1. The van der Waals surface area contributed by atoms with Gasteiger partial charge in [0.25, 0.3) is 5.91 Å². The van der Waals surface area contributed by atoms with Gasteiger partial charge in [-0.3, -0.25) is 9.69 Å². The highest BCUT2D eigenvalue weighted by atomic mass is 32.1. The highest BCUT2D eigenvalue weighted by Crippen LogP contribution is 2.36. The third kappa shape index (κ3) is 6.18. The van der Waals surface area contributed by atoms with Gasteiger partial charge in [0, 0.05) is 44.0 Å². The van der Waals surface area contributed by atoms with Gasteiger partial charge in [-0.15, -0.1) is 0 Å². The van der Waals surface area contributed by atoms with Gasteiger partial charge in [0.05, 0.1) is 5.56 Å². The maximum atomic E-state index is 13.3. The van der Waals surface area contributed by atoms with Gasteiger partial charge in [-0.05, 0) is 71.6 Å². The van der Waals surface area contributed by atoms with Gasteiger partial charge in [-0.1, -0.05) is 24.3 Å². The van der Waals surface area contributed by atoms with E-state index in [-0.39, 0.29) is 11.6 Å². The SMILES string of the molecule is O=C(NCCCCN1CCN(c2ccccc2C(F)(F)F)CC1)c1ccc(-c2ccsc2)cc1. The first-order chi connectivity index (χ1) is 16.4. The molecular weight excluding hydrogens is 459 g/mol. The van der Waals surface area contributed by atoms with Crippen molar-refractivity contribution in [3.05, 3.63) is 76.5 Å². The maximum Gasteiger partial charge on any atom is 0.418 e. The van der Waals surface area contributed by atoms with Crippen LogP contribution < -0.4 is 10.2 Å². The van der Waals surface area contributed by atoms with E-state index in [4.69, 9.17) is 0 Å². The van der Waals surface area contributed by atoms with Crippen molar-refractivity contribution in [3.8, 4) is 11.1 Å². The summed E-state index contributed by atoms with van der Waals surface area (Å²) < 4.78 is 39.9. The summed E-state index contributed by atoms with van der Waals surface area (Å²) >= 11 is 1.65. The summed E-state index contributed by atoms with van der Waals surface area (Å²) in [5.74, 6) is -0.0752. The lowest BCUT2D eigenvalue weighted by atomic mass is 10.1. The third-order valence-corrected chi connectivity index (χ3v) is 6.79. The third-order valence-electron chi connectivity index (χ3n) is 6.11. The maximum absolute atomic E-state index is 13.3. The second-order valence-corrected chi connectivity index (χ2v) is 9.18. The molecule has 8 heteroatoms. The van der Waals surface area contributed by atoms with Crippen molar-refractivity contribution in [2.45, 2.75) is 19.0 Å². The summed E-state index contributed by atoms with van der Waals surface area (Å²) in [6, 6.07) is 15.5. The van der Waals surface area contributed by atoms with Crippen LogP contribution in [0.15, 0.2) is 65.4 Å². The number of piperazine rings is 1. The minimum Gasteiger partial charge on any atom is -0.368 e. The lowest BCUT2D eigenvalue weighted by Gasteiger charge is -2.37. The summed E-state index contributed by atoms with van der Waals surface area (Å²) in [5.41, 5.74) is 2.59. The number of para-hydroxylation sites is 1. The Balaban J connectivity index is 1.15. The molecule has 0 saturated carbocycles. The first kappa shape index (κ1) is 24.3. The molecule has 1 aliphatic heterocycles. The molecule has 1 fully saturated rings. The predicted molar refractivity (Wildman–Crippen MR) is 131 cm³/mol. The highest BCUT2D eigenvalue weighted by molar-refractivity contribution is 7.08. The van der Waals surface area contributed by atoms with Gasteiger partial charge in [0.1, 0.15) is 0 Å². The lowest BCUT2D eigenvalue weighted by Crippen LogP contribution is -2.47. The fraction of sp³-hybridized carbons (Fsp3) is 0.346. The van der Waals surface area contributed by atoms with Crippen molar-refractivity contribution in [2.24, 2.45) is 0 Å². The fourth-order valence-electron chi connectivity index (χ4n) is 4.21. The Morgan fingerprint density at radius 1 is 0.912 bits per heavy atom. The van der Waals surface area contributed by atoms with Crippen LogP contribution in [0.5, 0.6) is 0 Å². The molecule has 4 nitrogen and oxygen atoms in total. The van der Waals surface area contributed by atoms with Gasteiger partial charge in [-0.25, -0.2) is 0 Å². The van der Waals surface area contributed by atoms with Crippen molar-refractivity contribution in [1.82, 2.24) is 10.2 Å². The molecule has 0 atom stereocenters. The molecule has 0 aliphatic carbocycles. The Hall–Kier alpha value is -2.84. The van der Waals surface area contributed by atoms with Crippen LogP contribution in [0.1, 0.15) is 28.8 Å². The summed E-state index contributed by atoms with van der Waals surface area (Å²) in [5, 5.41) is 7.08. The normalized spacial score (nSPS) is 14.9. The quantitative estimate of drug-likeness (QED) is 0.410. The molecule has 4 rings (SSSR count). The first-order valence-corrected chi connectivity index (χ1v) is 12.4. The summed E-state index contributed by atoms with van der Waals surface area (Å²) in [6.07, 6.45) is -2.56. The number of benzene rings is 2. The predicted octanol–water partition coefficient (Wildman–Crippen LogP) is 5.77. The zero-order valence-corrected chi connectivity index (χ0v) is 19.7. The molecule has 1 N–H and O–H groups in total. The van der Waals surface area contributed by atoms with Gasteiger partial charge in [-0.2, -0.15) is 24.5 Å². The van der Waals surface area contributed by atoms with E-state index < -0.39 is 11.7 Å². The van der Waals surface area contributed by atoms with E-state index in [0.29, 0.717) is 25.2 Å². The number of thiophene rings is 1. The minimum absolute atomic E-state index is 0.0752. The number of anilines is 1. The molecule has 180 valence electrons. The second-order valence-electron chi connectivity index (χ2n) is 8.40. The zero-order valence-electron chi connectivity index (χ0n) is 18.9. The number of hydrogen-bond acceptors (Lipinski definition) is 4. The number of carbonyl (C=O) groups is 1. The average Bonchev–Trinajstić information content (AvgIpc) is 3.39. The van der Waals surface area contributed by atoms with E-state index in [9.17, 15) is 18.0 Å². The minimum atomic E-state index is -4.34. The Morgan fingerprint density at radius 2 is 1.65 bits per heavy atom. The smallest absolute Gasteiger partial charge is 0.368 e. The molecule has 0 unspecified atom stereocenters. The van der Waals surface area contributed by atoms with Crippen LogP contribution in [0.3, 0.4) is 0 Å². The largest absolute Gasteiger partial charge is 0.418 e. The van der Waals surface area contributed by atoms with Crippen LogP contribution in [0.4, 0.5) is 18.9 Å². The van der Waals surface area contributed by atoms with Crippen LogP contribution in [0, 0.1) is 0 Å². The van der Waals surface area contributed by atoms with E-state index in [2.05, 4.69) is 21.7 Å². The van der Waals surface area contributed by atoms with Crippen molar-refractivity contribution >= 4 is 22.9 Å². The van der Waals surface area contributed by atoms with Gasteiger partial charge in [0.15, 0.2) is 0 Å². The van der Waals surface area contributed by atoms with Gasteiger partial charge >= 0.3 is 6.18 Å². The molecule has 1 aromatic heterocycles. The second kappa shape index (κ2) is 11.1. The monoisotopic (exact) mass is 487 g/mol. The number of nitrogens with zero attached hydrogens (tertiary/aromatic N) is 2. The highest BCUT2D eigenvalue weighted by Gasteiger charge is 2.35. The van der Waals surface area contributed by atoms with Gasteiger partial charge < -0.3 is 10.2 Å². The first-order valence-electron chi connectivity index (χ1n) is 11.5. The molecule has 34 heavy (non-hydrogen) atoms. The summed E-state index contributed by atoms with van der Waals surface area (Å²) in [6.45, 7) is 4.09. The van der Waals surface area contributed by atoms with E-state index in [0.717, 1.165) is 49.7 Å². The molecular formula is C26H28F3N3OS. The summed E-state index contributed by atoms with van der Waals surface area (Å²) in [4.78, 5) is 16.5. The van der Waals surface area contributed by atoms with E-state index in [1.165, 1.54) is 6.07 Å². The van der Waals surface area contributed by atoms with Crippen molar-refractivity contribution in [2.75, 3.05) is 44.2 Å². The van der Waals surface area contributed by atoms with Crippen molar-refractivity contribution in [3.63, 3.8) is 0 Å². The number of alkyl halides is 3. The number of amides is 1. The summed E-state index contributed by atoms with van der Waals surface area (Å²) in [7, 11) is 0. The Morgan fingerprint density at radius 3 is 2.32 bits per heavy atom. The number of rotatable bonds is 8. The Kier molecular flexibility index (Phi) is 7.90. The van der Waals surface area contributed by atoms with E-state index in [1.54, 1.807) is 23.5 Å². The van der Waals surface area contributed by atoms with Crippen LogP contribution in [0.25, 0.3) is 11.1 Å². The number of halogens is 3. The molecule has 2 heterocycles. The number of carbonyl (C=O) groups excluding carboxylic acids is 1. The van der Waals surface area contributed by atoms with E-state index >= 15 is 0 Å². The van der Waals surface area contributed by atoms with Crippen LogP contribution in [-0.4, -0.2) is 50.1 Å². The standard InChI is InChI=1S/C26H28F3N3OS/c27-26(28,29)23-5-1-2-6-24(23)32-16-14-31(15-17-32)13-4-3-12-30-25(33)21-9-7-20(8-10-21)22-11-18-34-19-22/h1-2,5-11,18-19H,3-4,12-17H2,(H,30,33). The fourth-order valence-corrected chi connectivity index (χ4v) is 4.87.